The van der Waals surface area contributed by atoms with Crippen LogP contribution in [0.15, 0.2) is 47.4 Å². The predicted octanol–water partition coefficient (Wildman–Crippen LogP) is 3.38. The lowest BCUT2D eigenvalue weighted by molar-refractivity contribution is 0.0952. The van der Waals surface area contributed by atoms with Crippen LogP contribution in [0, 0.1) is 6.92 Å². The number of fused-ring (bicyclic) bond motifs is 2. The first-order chi connectivity index (χ1) is 16.4. The van der Waals surface area contributed by atoms with Crippen molar-refractivity contribution in [3.8, 4) is 22.8 Å². The SMILES string of the molecule is Cc1ccc(CNC(=O)c2cc(-c3ccc4c(c3)OCCO4)nc3c2cnn3C(C)C)c(=O)[nH]1. The van der Waals surface area contributed by atoms with Crippen LogP contribution in [0.25, 0.3) is 22.3 Å². The minimum Gasteiger partial charge on any atom is -0.486 e. The Morgan fingerprint density at radius 2 is 1.94 bits per heavy atom. The van der Waals surface area contributed by atoms with Gasteiger partial charge in [-0.05, 0) is 51.1 Å². The fraction of sp³-hybridized carbons (Fsp3) is 0.280. The fourth-order valence-electron chi connectivity index (χ4n) is 3.95. The van der Waals surface area contributed by atoms with Crippen LogP contribution < -0.4 is 20.3 Å². The van der Waals surface area contributed by atoms with Gasteiger partial charge in [0, 0.05) is 29.4 Å². The molecule has 0 atom stereocenters. The van der Waals surface area contributed by atoms with Gasteiger partial charge < -0.3 is 19.8 Å². The smallest absolute Gasteiger partial charge is 0.253 e. The molecule has 9 nitrogen and oxygen atoms in total. The largest absolute Gasteiger partial charge is 0.486 e. The average Bonchev–Trinajstić information content (AvgIpc) is 3.27. The molecule has 1 aliphatic rings. The quantitative estimate of drug-likeness (QED) is 0.473. The average molecular weight is 460 g/mol. The molecule has 0 unspecified atom stereocenters. The van der Waals surface area contributed by atoms with E-state index in [9.17, 15) is 9.59 Å². The van der Waals surface area contributed by atoms with Crippen molar-refractivity contribution in [3.05, 3.63) is 69.8 Å². The molecule has 1 aliphatic heterocycles. The highest BCUT2D eigenvalue weighted by Gasteiger charge is 2.20. The Labute approximate surface area is 195 Å². The molecule has 1 amide bonds. The van der Waals surface area contributed by atoms with Crippen LogP contribution in [0.3, 0.4) is 0 Å². The second kappa shape index (κ2) is 8.66. The van der Waals surface area contributed by atoms with Crippen LogP contribution in [0.1, 0.15) is 41.5 Å². The topological polar surface area (TPSA) is 111 Å². The third-order valence-corrected chi connectivity index (χ3v) is 5.71. The number of carbonyl (C=O) groups is 1. The van der Waals surface area contributed by atoms with Gasteiger partial charge in [0.2, 0.25) is 0 Å². The normalized spacial score (nSPS) is 12.8. The van der Waals surface area contributed by atoms with Crippen LogP contribution >= 0.6 is 0 Å². The molecule has 0 radical (unpaired) electrons. The Morgan fingerprint density at radius 1 is 1.15 bits per heavy atom. The number of H-pyrrole nitrogens is 1. The molecule has 0 aliphatic carbocycles. The van der Waals surface area contributed by atoms with Crippen LogP contribution in [0.4, 0.5) is 0 Å². The van der Waals surface area contributed by atoms with Crippen LogP contribution in [0.2, 0.25) is 0 Å². The molecule has 5 rings (SSSR count). The summed E-state index contributed by atoms with van der Waals surface area (Å²) < 4.78 is 13.1. The second-order valence-corrected chi connectivity index (χ2v) is 8.51. The molecule has 174 valence electrons. The molecule has 4 aromatic rings. The number of carbonyl (C=O) groups excluding carboxylic acids is 1. The van der Waals surface area contributed by atoms with Crippen molar-refractivity contribution >= 4 is 16.9 Å². The lowest BCUT2D eigenvalue weighted by atomic mass is 10.1. The van der Waals surface area contributed by atoms with Crippen molar-refractivity contribution < 1.29 is 14.3 Å². The molecule has 2 N–H and O–H groups in total. The minimum absolute atomic E-state index is 0.0579. The van der Waals surface area contributed by atoms with Crippen molar-refractivity contribution in [1.82, 2.24) is 25.1 Å². The molecule has 0 bridgehead atoms. The van der Waals surface area contributed by atoms with E-state index < -0.39 is 0 Å². The maximum atomic E-state index is 13.3. The fourth-order valence-corrected chi connectivity index (χ4v) is 3.95. The number of hydrogen-bond donors (Lipinski definition) is 2. The van der Waals surface area contributed by atoms with Gasteiger partial charge in [-0.2, -0.15) is 5.10 Å². The molecule has 34 heavy (non-hydrogen) atoms. The van der Waals surface area contributed by atoms with Crippen LogP contribution in [-0.2, 0) is 6.54 Å². The molecular formula is C25H25N5O4. The number of aryl methyl sites for hydroxylation is 1. The van der Waals surface area contributed by atoms with Gasteiger partial charge in [-0.15, -0.1) is 0 Å². The molecule has 1 aromatic carbocycles. The number of nitrogens with zero attached hydrogens (tertiary/aromatic N) is 3. The van der Waals surface area contributed by atoms with Crippen molar-refractivity contribution in [2.24, 2.45) is 0 Å². The highest BCUT2D eigenvalue weighted by Crippen LogP contribution is 2.35. The van der Waals surface area contributed by atoms with Gasteiger partial charge in [0.1, 0.15) is 13.2 Å². The highest BCUT2D eigenvalue weighted by molar-refractivity contribution is 6.06. The first kappa shape index (κ1) is 21.7. The third-order valence-electron chi connectivity index (χ3n) is 5.71. The number of benzene rings is 1. The summed E-state index contributed by atoms with van der Waals surface area (Å²) in [6, 6.07) is 10.9. The minimum atomic E-state index is -0.311. The van der Waals surface area contributed by atoms with E-state index in [0.29, 0.717) is 52.6 Å². The Morgan fingerprint density at radius 3 is 2.71 bits per heavy atom. The van der Waals surface area contributed by atoms with Crippen molar-refractivity contribution in [1.29, 1.82) is 0 Å². The summed E-state index contributed by atoms with van der Waals surface area (Å²) in [7, 11) is 0. The molecular weight excluding hydrogens is 434 g/mol. The number of amides is 1. The van der Waals surface area contributed by atoms with E-state index >= 15 is 0 Å². The Hall–Kier alpha value is -4.14. The molecule has 0 fully saturated rings. The number of rotatable bonds is 5. The van der Waals surface area contributed by atoms with E-state index in [-0.39, 0.29) is 24.1 Å². The maximum absolute atomic E-state index is 13.3. The lowest BCUT2D eigenvalue weighted by Crippen LogP contribution is -2.27. The Kier molecular flexibility index (Phi) is 5.53. The summed E-state index contributed by atoms with van der Waals surface area (Å²) in [5, 5.41) is 7.97. The number of hydrogen-bond acceptors (Lipinski definition) is 6. The van der Waals surface area contributed by atoms with Crippen molar-refractivity contribution in [2.75, 3.05) is 13.2 Å². The molecule has 0 spiro atoms. The first-order valence-electron chi connectivity index (χ1n) is 11.2. The molecule has 9 heteroatoms. The summed E-state index contributed by atoms with van der Waals surface area (Å²) in [5.41, 5.74) is 3.49. The third kappa shape index (κ3) is 4.00. The monoisotopic (exact) mass is 459 g/mol. The van der Waals surface area contributed by atoms with E-state index in [0.717, 1.165) is 11.3 Å². The standard InChI is InChI=1S/C25H25N5O4/c1-14(2)30-23-19(13-27-30)18(25(32)26-12-17-5-4-15(3)28-24(17)31)11-20(29-23)16-6-7-21-22(10-16)34-9-8-33-21/h4-7,10-11,13-14H,8-9,12H2,1-3H3,(H,26,32)(H,28,31). The van der Waals surface area contributed by atoms with Gasteiger partial charge in [0.15, 0.2) is 17.1 Å². The zero-order chi connectivity index (χ0) is 23.8. The number of ether oxygens (including phenoxy) is 2. The lowest BCUT2D eigenvalue weighted by Gasteiger charge is -2.19. The van der Waals surface area contributed by atoms with Crippen LogP contribution in [0.5, 0.6) is 11.5 Å². The molecule has 0 saturated carbocycles. The van der Waals surface area contributed by atoms with Gasteiger partial charge in [-0.25, -0.2) is 9.67 Å². The molecule has 0 saturated heterocycles. The summed E-state index contributed by atoms with van der Waals surface area (Å²) in [4.78, 5) is 33.0. The molecule has 3 aromatic heterocycles. The Bertz CT molecular complexity index is 1450. The summed E-state index contributed by atoms with van der Waals surface area (Å²) in [6.07, 6.45) is 1.66. The van der Waals surface area contributed by atoms with E-state index in [1.54, 1.807) is 29.1 Å². The second-order valence-electron chi connectivity index (χ2n) is 8.51. The van der Waals surface area contributed by atoms with Gasteiger partial charge in [0.25, 0.3) is 11.5 Å². The first-order valence-corrected chi connectivity index (χ1v) is 11.2. The van der Waals surface area contributed by atoms with Gasteiger partial charge in [0.05, 0.1) is 22.8 Å². The van der Waals surface area contributed by atoms with Gasteiger partial charge in [-0.1, -0.05) is 6.07 Å². The summed E-state index contributed by atoms with van der Waals surface area (Å²) in [6.45, 7) is 6.93. The summed E-state index contributed by atoms with van der Waals surface area (Å²) in [5.74, 6) is 1.02. The van der Waals surface area contributed by atoms with E-state index in [1.165, 1.54) is 0 Å². The zero-order valence-electron chi connectivity index (χ0n) is 19.2. The number of aromatic nitrogens is 4. The Balaban J connectivity index is 1.55. The highest BCUT2D eigenvalue weighted by atomic mass is 16.6. The van der Waals surface area contributed by atoms with E-state index in [1.807, 2.05) is 39.0 Å². The number of pyridine rings is 2. The van der Waals surface area contributed by atoms with Crippen molar-refractivity contribution in [2.45, 2.75) is 33.4 Å². The maximum Gasteiger partial charge on any atom is 0.253 e. The van der Waals surface area contributed by atoms with Gasteiger partial charge >= 0.3 is 0 Å². The zero-order valence-corrected chi connectivity index (χ0v) is 19.2. The van der Waals surface area contributed by atoms with Crippen LogP contribution in [-0.4, -0.2) is 38.9 Å². The number of aromatic amines is 1. The van der Waals surface area contributed by atoms with E-state index in [2.05, 4.69) is 15.4 Å². The van der Waals surface area contributed by atoms with Crippen molar-refractivity contribution in [3.63, 3.8) is 0 Å². The molecule has 4 heterocycles. The van der Waals surface area contributed by atoms with E-state index in [4.69, 9.17) is 14.5 Å². The number of nitrogens with one attached hydrogen (secondary N) is 2. The van der Waals surface area contributed by atoms with Gasteiger partial charge in [-0.3, -0.25) is 9.59 Å². The summed E-state index contributed by atoms with van der Waals surface area (Å²) >= 11 is 0. The predicted molar refractivity (Wildman–Crippen MR) is 127 cm³/mol.